The van der Waals surface area contributed by atoms with Gasteiger partial charge in [-0.3, -0.25) is 4.90 Å². The third kappa shape index (κ3) is 2.97. The Morgan fingerprint density at radius 1 is 1.29 bits per heavy atom. The molecule has 2 fully saturated rings. The third-order valence-electron chi connectivity index (χ3n) is 5.86. The second kappa shape index (κ2) is 6.31. The summed E-state index contributed by atoms with van der Waals surface area (Å²) in [6.45, 7) is 8.19. The predicted molar refractivity (Wildman–Crippen MR) is 94.9 cm³/mol. The highest BCUT2D eigenvalue weighted by atomic mass is 79.9. The van der Waals surface area contributed by atoms with Crippen molar-refractivity contribution in [2.45, 2.75) is 70.0 Å². The van der Waals surface area contributed by atoms with Gasteiger partial charge in [0.2, 0.25) is 0 Å². The number of piperazine rings is 1. The van der Waals surface area contributed by atoms with Crippen molar-refractivity contribution in [1.82, 2.24) is 10.2 Å². The van der Waals surface area contributed by atoms with E-state index in [2.05, 4.69) is 51.4 Å². The number of rotatable bonds is 4. The molecule has 2 nitrogen and oxygen atoms in total. The van der Waals surface area contributed by atoms with Gasteiger partial charge < -0.3 is 5.32 Å². The Balaban J connectivity index is 1.84. The lowest BCUT2D eigenvalue weighted by atomic mass is 9.82. The molecule has 21 heavy (non-hydrogen) atoms. The van der Waals surface area contributed by atoms with E-state index in [9.17, 15) is 0 Å². The zero-order valence-corrected chi connectivity index (χ0v) is 15.7. The minimum absolute atomic E-state index is 0.331. The van der Waals surface area contributed by atoms with E-state index in [0.29, 0.717) is 11.1 Å². The van der Waals surface area contributed by atoms with Crippen molar-refractivity contribution >= 4 is 27.3 Å². The maximum atomic E-state index is 3.96. The Morgan fingerprint density at radius 2 is 2.00 bits per heavy atom. The van der Waals surface area contributed by atoms with Gasteiger partial charge in [-0.05, 0) is 53.1 Å². The zero-order chi connectivity index (χ0) is 14.9. The van der Waals surface area contributed by atoms with E-state index in [4.69, 9.17) is 0 Å². The van der Waals surface area contributed by atoms with E-state index in [-0.39, 0.29) is 0 Å². The first-order chi connectivity index (χ1) is 10.1. The maximum Gasteiger partial charge on any atom is 0.0346 e. The van der Waals surface area contributed by atoms with Crippen molar-refractivity contribution in [2.75, 3.05) is 13.1 Å². The summed E-state index contributed by atoms with van der Waals surface area (Å²) in [5, 5.41) is 6.16. The highest BCUT2D eigenvalue weighted by Crippen LogP contribution is 2.39. The standard InChI is InChI=1S/C17H27BrN2S/c1-3-17(4-2)12-19-16(8-5-6-9-16)13-20(17)11-15-14(18)7-10-21-15/h7,10,19H,3-6,8-9,11-13H2,1-2H3. The molecule has 3 rings (SSSR count). The van der Waals surface area contributed by atoms with Crippen molar-refractivity contribution in [1.29, 1.82) is 0 Å². The summed E-state index contributed by atoms with van der Waals surface area (Å²) in [5.41, 5.74) is 0.731. The van der Waals surface area contributed by atoms with Crippen LogP contribution in [-0.2, 0) is 6.54 Å². The molecule has 2 heterocycles. The Hall–Kier alpha value is 0.100. The van der Waals surface area contributed by atoms with Gasteiger partial charge in [0.25, 0.3) is 0 Å². The molecule has 0 bridgehead atoms. The summed E-state index contributed by atoms with van der Waals surface area (Å²) in [5.74, 6) is 0. The van der Waals surface area contributed by atoms with Crippen LogP contribution in [-0.4, -0.2) is 29.1 Å². The molecule has 4 heteroatoms. The van der Waals surface area contributed by atoms with Gasteiger partial charge in [-0.1, -0.05) is 26.7 Å². The second-order valence-electron chi connectivity index (χ2n) is 6.82. The number of nitrogens with zero attached hydrogens (tertiary/aromatic N) is 1. The van der Waals surface area contributed by atoms with Crippen LogP contribution in [0, 0.1) is 0 Å². The molecule has 0 amide bonds. The van der Waals surface area contributed by atoms with Crippen LogP contribution in [0.1, 0.15) is 57.2 Å². The quantitative estimate of drug-likeness (QED) is 0.819. The van der Waals surface area contributed by atoms with Crippen molar-refractivity contribution in [3.05, 3.63) is 20.8 Å². The topological polar surface area (TPSA) is 15.3 Å². The van der Waals surface area contributed by atoms with Crippen LogP contribution in [0.2, 0.25) is 0 Å². The second-order valence-corrected chi connectivity index (χ2v) is 8.68. The fourth-order valence-electron chi connectivity index (χ4n) is 4.22. The van der Waals surface area contributed by atoms with Crippen molar-refractivity contribution < 1.29 is 0 Å². The predicted octanol–water partition coefficient (Wildman–Crippen LogP) is 4.79. The average molecular weight is 371 g/mol. The van der Waals surface area contributed by atoms with Crippen molar-refractivity contribution in [3.8, 4) is 0 Å². The minimum atomic E-state index is 0.331. The molecule has 1 saturated carbocycles. The molecule has 0 radical (unpaired) electrons. The van der Waals surface area contributed by atoms with Gasteiger partial charge in [-0.25, -0.2) is 0 Å². The highest BCUT2D eigenvalue weighted by molar-refractivity contribution is 9.10. The molecule has 118 valence electrons. The molecule has 1 aromatic heterocycles. The lowest BCUT2D eigenvalue weighted by Gasteiger charge is -2.53. The van der Waals surface area contributed by atoms with Crippen LogP contribution in [0.15, 0.2) is 15.9 Å². The molecular weight excluding hydrogens is 344 g/mol. The number of hydrogen-bond acceptors (Lipinski definition) is 3. The Labute approximate surface area is 141 Å². The molecule has 1 spiro atoms. The summed E-state index contributed by atoms with van der Waals surface area (Å²) in [7, 11) is 0. The highest BCUT2D eigenvalue weighted by Gasteiger charge is 2.46. The number of nitrogens with one attached hydrogen (secondary N) is 1. The fourth-order valence-corrected chi connectivity index (χ4v) is 5.71. The van der Waals surface area contributed by atoms with Gasteiger partial charge in [0.05, 0.1) is 0 Å². The lowest BCUT2D eigenvalue weighted by Crippen LogP contribution is -2.68. The van der Waals surface area contributed by atoms with Crippen molar-refractivity contribution in [3.63, 3.8) is 0 Å². The van der Waals surface area contributed by atoms with E-state index in [0.717, 1.165) is 13.1 Å². The van der Waals surface area contributed by atoms with Gasteiger partial charge in [-0.2, -0.15) is 0 Å². The number of thiophene rings is 1. The van der Waals surface area contributed by atoms with Crippen LogP contribution in [0.3, 0.4) is 0 Å². The zero-order valence-electron chi connectivity index (χ0n) is 13.3. The third-order valence-corrected chi connectivity index (χ3v) is 7.77. The summed E-state index contributed by atoms with van der Waals surface area (Å²) < 4.78 is 1.28. The molecule has 1 N–H and O–H groups in total. The maximum absolute atomic E-state index is 3.96. The first kappa shape index (κ1) is 16.0. The normalized spacial score (nSPS) is 24.7. The SMILES string of the molecule is CCC1(CC)CNC2(CCCC2)CN1Cc1sccc1Br. The van der Waals surface area contributed by atoms with Crippen LogP contribution in [0.4, 0.5) is 0 Å². The molecule has 1 aliphatic heterocycles. The summed E-state index contributed by atoms with van der Waals surface area (Å²) in [4.78, 5) is 4.28. The number of hydrogen-bond donors (Lipinski definition) is 1. The van der Waals surface area contributed by atoms with Crippen LogP contribution < -0.4 is 5.32 Å². The van der Waals surface area contributed by atoms with Crippen LogP contribution in [0.25, 0.3) is 0 Å². The van der Waals surface area contributed by atoms with Gasteiger partial charge in [0.1, 0.15) is 0 Å². The van der Waals surface area contributed by atoms with Crippen LogP contribution in [0.5, 0.6) is 0 Å². The summed E-state index contributed by atoms with van der Waals surface area (Å²) >= 11 is 5.60. The van der Waals surface area contributed by atoms with E-state index < -0.39 is 0 Å². The van der Waals surface area contributed by atoms with E-state index >= 15 is 0 Å². The van der Waals surface area contributed by atoms with Gasteiger partial charge in [-0.15, -0.1) is 11.3 Å². The molecule has 0 aromatic carbocycles. The molecule has 1 aliphatic carbocycles. The smallest absolute Gasteiger partial charge is 0.0346 e. The molecule has 1 saturated heterocycles. The summed E-state index contributed by atoms with van der Waals surface area (Å²) in [6, 6.07) is 2.19. The fraction of sp³-hybridized carbons (Fsp3) is 0.765. The monoisotopic (exact) mass is 370 g/mol. The number of halogens is 1. The first-order valence-electron chi connectivity index (χ1n) is 8.35. The Morgan fingerprint density at radius 3 is 2.57 bits per heavy atom. The molecule has 1 aromatic rings. The summed E-state index contributed by atoms with van der Waals surface area (Å²) in [6.07, 6.45) is 7.98. The van der Waals surface area contributed by atoms with Crippen molar-refractivity contribution in [2.24, 2.45) is 0 Å². The molecule has 0 atom stereocenters. The van der Waals surface area contributed by atoms with Gasteiger partial charge in [0, 0.05) is 40.1 Å². The van der Waals surface area contributed by atoms with E-state index in [1.54, 1.807) is 0 Å². The Kier molecular flexibility index (Phi) is 4.80. The van der Waals surface area contributed by atoms with Crippen LogP contribution >= 0.6 is 27.3 Å². The lowest BCUT2D eigenvalue weighted by molar-refractivity contribution is -0.00592. The van der Waals surface area contributed by atoms with Gasteiger partial charge >= 0.3 is 0 Å². The average Bonchev–Trinajstić information content (AvgIpc) is 3.11. The van der Waals surface area contributed by atoms with Gasteiger partial charge in [0.15, 0.2) is 0 Å². The largest absolute Gasteiger partial charge is 0.308 e. The first-order valence-corrected chi connectivity index (χ1v) is 10.0. The van der Waals surface area contributed by atoms with E-state index in [1.807, 2.05) is 11.3 Å². The molecule has 0 unspecified atom stereocenters. The molecular formula is C17H27BrN2S. The molecule has 2 aliphatic rings. The Bertz CT molecular complexity index is 475. The van der Waals surface area contributed by atoms with E-state index in [1.165, 1.54) is 54.4 Å². The minimum Gasteiger partial charge on any atom is -0.308 e.